The lowest BCUT2D eigenvalue weighted by Gasteiger charge is -2.16. The highest BCUT2D eigenvalue weighted by molar-refractivity contribution is 6.38. The van der Waals surface area contributed by atoms with Crippen molar-refractivity contribution < 1.29 is 14.3 Å². The number of hydrogen-bond acceptors (Lipinski definition) is 4. The van der Waals surface area contributed by atoms with Gasteiger partial charge in [-0.1, -0.05) is 12.1 Å². The van der Waals surface area contributed by atoms with Gasteiger partial charge in [-0.25, -0.2) is 4.79 Å². The fraction of sp³-hybridized carbons (Fsp3) is 0.250. The van der Waals surface area contributed by atoms with E-state index >= 15 is 0 Å². The number of likely N-dealkylation sites (N-methyl/N-ethyl adjacent to an activating group) is 1. The summed E-state index contributed by atoms with van der Waals surface area (Å²) in [6.07, 6.45) is 0. The molecule has 1 rings (SSSR count). The first-order chi connectivity index (χ1) is 8.11. The van der Waals surface area contributed by atoms with E-state index in [0.717, 1.165) is 4.90 Å². The number of esters is 1. The molecule has 0 N–H and O–H groups in total. The van der Waals surface area contributed by atoms with Gasteiger partial charge < -0.3 is 9.64 Å². The first-order valence-electron chi connectivity index (χ1n) is 5.05. The summed E-state index contributed by atoms with van der Waals surface area (Å²) in [5, 5.41) is 8.89. The van der Waals surface area contributed by atoms with Crippen LogP contribution in [-0.4, -0.2) is 25.5 Å². The number of ether oxygens (including phenoxy) is 1. The fourth-order valence-corrected chi connectivity index (χ4v) is 1.30. The van der Waals surface area contributed by atoms with Crippen LogP contribution in [0.1, 0.15) is 12.5 Å². The van der Waals surface area contributed by atoms with Crippen LogP contribution in [0.2, 0.25) is 0 Å². The first-order valence-corrected chi connectivity index (χ1v) is 5.05. The molecule has 0 fully saturated rings. The molecule has 0 spiro atoms. The summed E-state index contributed by atoms with van der Waals surface area (Å²) in [5.41, 5.74) is 0.709. The van der Waals surface area contributed by atoms with Crippen LogP contribution in [-0.2, 0) is 14.3 Å². The molecule has 1 aromatic rings. The number of carbonyl (C=O) groups is 2. The molecule has 0 radical (unpaired) electrons. The molecule has 1 aromatic carbocycles. The van der Waals surface area contributed by atoms with E-state index in [4.69, 9.17) is 5.26 Å². The minimum Gasteiger partial charge on any atom is -0.459 e. The summed E-state index contributed by atoms with van der Waals surface area (Å²) in [5.74, 6) is -1.72. The second kappa shape index (κ2) is 5.66. The highest BCUT2D eigenvalue weighted by Crippen LogP contribution is 2.18. The van der Waals surface area contributed by atoms with Gasteiger partial charge in [-0.15, -0.1) is 0 Å². The lowest BCUT2D eigenvalue weighted by Crippen LogP contribution is -2.35. The van der Waals surface area contributed by atoms with Gasteiger partial charge in [-0.2, -0.15) is 5.26 Å². The van der Waals surface area contributed by atoms with E-state index in [1.807, 2.05) is 6.07 Å². The predicted octanol–water partition coefficient (Wildman–Crippen LogP) is 1.08. The van der Waals surface area contributed by atoms with Crippen molar-refractivity contribution in [3.8, 4) is 6.07 Å². The van der Waals surface area contributed by atoms with Crippen LogP contribution in [0.4, 0.5) is 5.69 Å². The lowest BCUT2D eigenvalue weighted by molar-refractivity contribution is -0.153. The van der Waals surface area contributed by atoms with Crippen molar-refractivity contribution >= 4 is 17.6 Å². The molecule has 17 heavy (non-hydrogen) atoms. The standard InChI is InChI=1S/C12H12N2O3/c1-3-17-12(16)11(15)14(2)10-7-5-4-6-9(10)8-13/h4-7H,3H2,1-2H3. The SMILES string of the molecule is CCOC(=O)C(=O)N(C)c1ccccc1C#N. The number of benzene rings is 1. The zero-order valence-corrected chi connectivity index (χ0v) is 9.64. The minimum absolute atomic E-state index is 0.137. The monoisotopic (exact) mass is 232 g/mol. The van der Waals surface area contributed by atoms with Gasteiger partial charge in [-0.3, -0.25) is 4.79 Å². The second-order valence-electron chi connectivity index (χ2n) is 3.21. The van der Waals surface area contributed by atoms with Crippen molar-refractivity contribution in [3.05, 3.63) is 29.8 Å². The van der Waals surface area contributed by atoms with Crippen molar-refractivity contribution in [3.63, 3.8) is 0 Å². The molecule has 0 aliphatic carbocycles. The zero-order chi connectivity index (χ0) is 12.8. The average molecular weight is 232 g/mol. The second-order valence-corrected chi connectivity index (χ2v) is 3.21. The van der Waals surface area contributed by atoms with Crippen LogP contribution < -0.4 is 4.90 Å². The Morgan fingerprint density at radius 1 is 1.41 bits per heavy atom. The summed E-state index contributed by atoms with van der Waals surface area (Å²) in [6.45, 7) is 1.76. The van der Waals surface area contributed by atoms with Crippen molar-refractivity contribution in [2.75, 3.05) is 18.6 Å². The average Bonchev–Trinajstić information content (AvgIpc) is 2.37. The van der Waals surface area contributed by atoms with Gasteiger partial charge in [0.25, 0.3) is 0 Å². The van der Waals surface area contributed by atoms with E-state index in [1.165, 1.54) is 7.05 Å². The zero-order valence-electron chi connectivity index (χ0n) is 9.64. The minimum atomic E-state index is -0.928. The van der Waals surface area contributed by atoms with Crippen LogP contribution in [0.15, 0.2) is 24.3 Å². The van der Waals surface area contributed by atoms with E-state index < -0.39 is 11.9 Å². The molecule has 0 atom stereocenters. The molecule has 1 amide bonds. The Labute approximate surface area is 99.2 Å². The smallest absolute Gasteiger partial charge is 0.397 e. The topological polar surface area (TPSA) is 70.4 Å². The van der Waals surface area contributed by atoms with E-state index in [0.29, 0.717) is 11.3 Å². The van der Waals surface area contributed by atoms with Crippen LogP contribution in [0.3, 0.4) is 0 Å². The molecular formula is C12H12N2O3. The van der Waals surface area contributed by atoms with Gasteiger partial charge in [0.1, 0.15) is 6.07 Å². The first kappa shape index (κ1) is 12.7. The Kier molecular flexibility index (Phi) is 4.23. The van der Waals surface area contributed by atoms with Gasteiger partial charge in [0.15, 0.2) is 0 Å². The predicted molar refractivity (Wildman–Crippen MR) is 61.2 cm³/mol. The molecule has 0 aliphatic heterocycles. The Morgan fingerprint density at radius 2 is 2.06 bits per heavy atom. The number of nitriles is 1. The highest BCUT2D eigenvalue weighted by Gasteiger charge is 2.22. The van der Waals surface area contributed by atoms with Crippen molar-refractivity contribution in [1.82, 2.24) is 0 Å². The Bertz CT molecular complexity index is 477. The molecule has 0 unspecified atom stereocenters. The van der Waals surface area contributed by atoms with Crippen molar-refractivity contribution in [2.24, 2.45) is 0 Å². The lowest BCUT2D eigenvalue weighted by atomic mass is 10.2. The quantitative estimate of drug-likeness (QED) is 0.565. The van der Waals surface area contributed by atoms with E-state index in [9.17, 15) is 9.59 Å². The maximum atomic E-state index is 11.6. The number of amides is 1. The third kappa shape index (κ3) is 2.82. The Morgan fingerprint density at radius 3 is 2.65 bits per heavy atom. The number of hydrogen-bond donors (Lipinski definition) is 0. The van der Waals surface area contributed by atoms with Crippen LogP contribution in [0.5, 0.6) is 0 Å². The van der Waals surface area contributed by atoms with Crippen LogP contribution in [0, 0.1) is 11.3 Å². The summed E-state index contributed by atoms with van der Waals surface area (Å²) in [6, 6.07) is 8.49. The Balaban J connectivity index is 2.97. The molecule has 0 saturated carbocycles. The van der Waals surface area contributed by atoms with Crippen LogP contribution >= 0.6 is 0 Å². The maximum Gasteiger partial charge on any atom is 0.397 e. The molecule has 88 valence electrons. The van der Waals surface area contributed by atoms with Gasteiger partial charge >= 0.3 is 11.9 Å². The molecular weight excluding hydrogens is 220 g/mol. The summed E-state index contributed by atoms with van der Waals surface area (Å²) < 4.78 is 4.61. The number of anilines is 1. The molecule has 0 saturated heterocycles. The summed E-state index contributed by atoms with van der Waals surface area (Å²) >= 11 is 0. The molecule has 5 heteroatoms. The van der Waals surface area contributed by atoms with E-state index in [2.05, 4.69) is 4.74 Å². The van der Waals surface area contributed by atoms with Crippen molar-refractivity contribution in [1.29, 1.82) is 5.26 Å². The molecule has 5 nitrogen and oxygen atoms in total. The van der Waals surface area contributed by atoms with Gasteiger partial charge in [0.05, 0.1) is 17.9 Å². The fourth-order valence-electron chi connectivity index (χ4n) is 1.30. The maximum absolute atomic E-state index is 11.6. The highest BCUT2D eigenvalue weighted by atomic mass is 16.5. The Hall–Kier alpha value is -2.35. The van der Waals surface area contributed by atoms with Crippen molar-refractivity contribution in [2.45, 2.75) is 6.92 Å². The molecule has 0 aliphatic rings. The number of rotatable bonds is 2. The summed E-state index contributed by atoms with van der Waals surface area (Å²) in [4.78, 5) is 24.0. The third-order valence-electron chi connectivity index (χ3n) is 2.14. The number of nitrogens with zero attached hydrogens (tertiary/aromatic N) is 2. The van der Waals surface area contributed by atoms with Gasteiger partial charge in [0.2, 0.25) is 0 Å². The molecule has 0 aromatic heterocycles. The largest absolute Gasteiger partial charge is 0.459 e. The summed E-state index contributed by atoms with van der Waals surface area (Å²) in [7, 11) is 1.43. The number of carbonyl (C=O) groups excluding carboxylic acids is 2. The van der Waals surface area contributed by atoms with Crippen LogP contribution in [0.25, 0.3) is 0 Å². The van der Waals surface area contributed by atoms with Gasteiger partial charge in [-0.05, 0) is 19.1 Å². The molecule has 0 bridgehead atoms. The molecule has 0 heterocycles. The van der Waals surface area contributed by atoms with E-state index in [1.54, 1.807) is 31.2 Å². The third-order valence-corrected chi connectivity index (χ3v) is 2.14. The van der Waals surface area contributed by atoms with E-state index in [-0.39, 0.29) is 6.61 Å². The van der Waals surface area contributed by atoms with Gasteiger partial charge in [0, 0.05) is 7.05 Å². The normalized spacial score (nSPS) is 9.24. The number of para-hydroxylation sites is 1.